The molecule has 4 aromatic carbocycles. The summed E-state index contributed by atoms with van der Waals surface area (Å²) in [5, 5.41) is 14.4. The summed E-state index contributed by atoms with van der Waals surface area (Å²) in [6, 6.07) is 20.9. The number of aromatic nitrogens is 2. The van der Waals surface area contributed by atoms with Crippen LogP contribution in [0.4, 0.5) is 49.1 Å². The first kappa shape index (κ1) is 61.3. The van der Waals surface area contributed by atoms with Crippen LogP contribution in [0.15, 0.2) is 88.7 Å². The molecular formula is C58H70F6N10O6S2. The fourth-order valence-corrected chi connectivity index (χ4v) is 12.6. The molecule has 82 heavy (non-hydrogen) atoms. The summed E-state index contributed by atoms with van der Waals surface area (Å²) >= 11 is 0. The van der Waals surface area contributed by atoms with Crippen LogP contribution < -0.4 is 30.7 Å². The Morgan fingerprint density at radius 1 is 0.598 bits per heavy atom. The smallest absolute Gasteiger partial charge is 0.406 e. The van der Waals surface area contributed by atoms with Gasteiger partial charge in [0, 0.05) is 80.1 Å². The molecule has 0 bridgehead atoms. The standard InChI is InChI=1S/C58H70F6N10O6S2/c1-69(2)42-18-16-40(17-19-42)67-49-14-9-15-53-47(49)32-43(73(53)37-57(59,60)61)12-10-26-66-51-23-21-46(35-56(51)80-8)82(77,78)72(6)36-39-30-52(68-41-24-28-71(5)29-25-41)48-33-44(74(54(48)31-39)38-58(62,63)64)13-11-27-65-50-22-20-45(34-55(50)79-7)81(75,76)70(3)4/h9,14-15,20-23,30-35,40-42,65-68H,16-19,24-29,36-38H2,1-8H3. The number of ether oxygens (including phenoxy) is 2. The molecule has 1 saturated carbocycles. The van der Waals surface area contributed by atoms with Crippen molar-refractivity contribution in [2.24, 2.45) is 0 Å². The molecule has 0 radical (unpaired) electrons. The summed E-state index contributed by atoms with van der Waals surface area (Å²) in [5.41, 5.74) is 3.26. The Hall–Kier alpha value is -6.80. The van der Waals surface area contributed by atoms with E-state index in [1.165, 1.54) is 82.4 Å². The minimum atomic E-state index is -4.67. The number of benzene rings is 4. The topological polar surface area (TPSA) is 158 Å². The maximum Gasteiger partial charge on any atom is 0.406 e. The summed E-state index contributed by atoms with van der Waals surface area (Å²) in [6.07, 6.45) is -3.78. The van der Waals surface area contributed by atoms with Crippen molar-refractivity contribution in [2.75, 3.05) is 104 Å². The Balaban J connectivity index is 1.02. The largest absolute Gasteiger partial charge is 0.495 e. The first-order chi connectivity index (χ1) is 38.7. The maximum atomic E-state index is 14.5. The van der Waals surface area contributed by atoms with E-state index < -0.39 is 45.5 Å². The van der Waals surface area contributed by atoms with Crippen LogP contribution in [-0.2, 0) is 39.7 Å². The first-order valence-corrected chi connectivity index (χ1v) is 29.6. The second-order valence-electron chi connectivity index (χ2n) is 21.2. The third-order valence-corrected chi connectivity index (χ3v) is 18.6. The maximum absolute atomic E-state index is 14.5. The van der Waals surface area contributed by atoms with E-state index in [-0.39, 0.29) is 69.9 Å². The SMILES string of the molecule is COc1cc(S(=O)(=O)N(C)C)ccc1NCC#Cc1cc2c(NC3CCN(C)CC3)cc(CN(C)S(=O)(=O)c3ccc(NCC#Cc4cc5c(NC6CCC(N(C)C)CC6)cccc5n4CC(F)(F)F)c(OC)c3)cc2n1CC(F)(F)F. The lowest BCUT2D eigenvalue weighted by molar-refractivity contribution is -0.140. The molecule has 0 atom stereocenters. The monoisotopic (exact) mass is 1180 g/mol. The predicted molar refractivity (Wildman–Crippen MR) is 310 cm³/mol. The van der Waals surface area contributed by atoms with Crippen LogP contribution in [0, 0.1) is 23.7 Å². The number of nitrogens with one attached hydrogen (secondary N) is 4. The molecule has 2 fully saturated rings. The van der Waals surface area contributed by atoms with Crippen LogP contribution in [0.5, 0.6) is 11.5 Å². The van der Waals surface area contributed by atoms with Gasteiger partial charge in [0.1, 0.15) is 24.6 Å². The van der Waals surface area contributed by atoms with E-state index >= 15 is 0 Å². The molecule has 3 heterocycles. The number of rotatable bonds is 19. The third-order valence-electron chi connectivity index (χ3n) is 15.0. The van der Waals surface area contributed by atoms with Crippen LogP contribution in [0.1, 0.15) is 55.5 Å². The van der Waals surface area contributed by atoms with Crippen LogP contribution >= 0.6 is 0 Å². The lowest BCUT2D eigenvalue weighted by Crippen LogP contribution is -2.36. The molecule has 0 spiro atoms. The molecule has 16 nitrogen and oxygen atoms in total. The van der Waals surface area contributed by atoms with Crippen LogP contribution in [0.3, 0.4) is 0 Å². The highest BCUT2D eigenvalue weighted by Gasteiger charge is 2.33. The van der Waals surface area contributed by atoms with Crippen molar-refractivity contribution in [3.8, 4) is 35.2 Å². The number of hydrogen-bond donors (Lipinski definition) is 4. The quantitative estimate of drug-likeness (QED) is 0.0451. The molecule has 6 aromatic rings. The first-order valence-electron chi connectivity index (χ1n) is 26.7. The normalized spacial score (nSPS) is 16.7. The number of hydrogen-bond acceptors (Lipinski definition) is 12. The Labute approximate surface area is 476 Å². The van der Waals surface area contributed by atoms with Crippen molar-refractivity contribution in [2.45, 2.75) is 98.4 Å². The van der Waals surface area contributed by atoms with Gasteiger partial charge in [0.25, 0.3) is 0 Å². The zero-order chi connectivity index (χ0) is 59.3. The summed E-state index contributed by atoms with van der Waals surface area (Å²) in [6.45, 7) is -1.37. The van der Waals surface area contributed by atoms with Gasteiger partial charge in [0.05, 0.1) is 70.9 Å². The van der Waals surface area contributed by atoms with E-state index in [1.807, 2.05) is 13.1 Å². The average molecular weight is 1180 g/mol. The van der Waals surface area contributed by atoms with Crippen molar-refractivity contribution >= 4 is 64.6 Å². The molecule has 1 aliphatic carbocycles. The number of fused-ring (bicyclic) bond motifs is 2. The van der Waals surface area contributed by atoms with Crippen molar-refractivity contribution < 1.29 is 52.7 Å². The van der Waals surface area contributed by atoms with Gasteiger partial charge in [-0.1, -0.05) is 17.9 Å². The number of anilines is 4. The van der Waals surface area contributed by atoms with Gasteiger partial charge < -0.3 is 49.7 Å². The highest BCUT2D eigenvalue weighted by Crippen LogP contribution is 2.37. The van der Waals surface area contributed by atoms with Gasteiger partial charge in [-0.2, -0.15) is 30.6 Å². The number of piperidine rings is 1. The molecule has 8 rings (SSSR count). The molecule has 0 unspecified atom stereocenters. The van der Waals surface area contributed by atoms with E-state index in [4.69, 9.17) is 9.47 Å². The van der Waals surface area contributed by atoms with Gasteiger partial charge in [0.15, 0.2) is 0 Å². The highest BCUT2D eigenvalue weighted by atomic mass is 32.2. The average Bonchev–Trinajstić information content (AvgIpc) is 3.87. The van der Waals surface area contributed by atoms with Crippen molar-refractivity contribution in [1.82, 2.24) is 27.5 Å². The van der Waals surface area contributed by atoms with E-state index in [1.54, 1.807) is 30.3 Å². The summed E-state index contributed by atoms with van der Waals surface area (Å²) in [4.78, 5) is 4.27. The fourth-order valence-electron chi connectivity index (χ4n) is 10.5. The van der Waals surface area contributed by atoms with Crippen molar-refractivity contribution in [1.29, 1.82) is 0 Å². The Morgan fingerprint density at radius 2 is 1.10 bits per heavy atom. The summed E-state index contributed by atoms with van der Waals surface area (Å²) in [7, 11) is 5.03. The molecule has 0 amide bonds. The highest BCUT2D eigenvalue weighted by molar-refractivity contribution is 7.89. The zero-order valence-electron chi connectivity index (χ0n) is 47.1. The minimum Gasteiger partial charge on any atom is -0.495 e. The lowest BCUT2D eigenvalue weighted by atomic mass is 9.90. The second-order valence-corrected chi connectivity index (χ2v) is 25.4. The molecule has 1 aliphatic heterocycles. The third kappa shape index (κ3) is 14.7. The number of sulfonamides is 2. The predicted octanol–water partition coefficient (Wildman–Crippen LogP) is 9.53. The van der Waals surface area contributed by atoms with Gasteiger partial charge >= 0.3 is 12.4 Å². The van der Waals surface area contributed by atoms with Crippen molar-refractivity contribution in [3.63, 3.8) is 0 Å². The Bertz CT molecular complexity index is 3620. The Kier molecular flexibility index (Phi) is 19.0. The number of alkyl halides is 6. The number of halogens is 6. The Morgan fingerprint density at radius 3 is 1.61 bits per heavy atom. The zero-order valence-corrected chi connectivity index (χ0v) is 48.8. The van der Waals surface area contributed by atoms with E-state index in [9.17, 15) is 43.2 Å². The number of methoxy groups -OCH3 is 2. The molecule has 4 N–H and O–H groups in total. The van der Waals surface area contributed by atoms with Gasteiger partial charge in [0.2, 0.25) is 20.0 Å². The van der Waals surface area contributed by atoms with Gasteiger partial charge in [-0.05, 0) is 151 Å². The van der Waals surface area contributed by atoms with E-state index in [0.29, 0.717) is 45.0 Å². The molecule has 1 saturated heterocycles. The number of nitrogens with zero attached hydrogens (tertiary/aromatic N) is 6. The fraction of sp³-hybridized carbons (Fsp3) is 0.448. The van der Waals surface area contributed by atoms with Gasteiger partial charge in [-0.3, -0.25) is 0 Å². The summed E-state index contributed by atoms with van der Waals surface area (Å²) in [5.74, 6) is 12.0. The van der Waals surface area contributed by atoms with Crippen LogP contribution in [0.2, 0.25) is 0 Å². The minimum absolute atomic E-state index is 0.00488. The molecular weight excluding hydrogens is 1110 g/mol. The lowest BCUT2D eigenvalue weighted by Gasteiger charge is -2.33. The van der Waals surface area contributed by atoms with E-state index in [0.717, 1.165) is 70.5 Å². The van der Waals surface area contributed by atoms with Crippen LogP contribution in [-0.4, -0.2) is 158 Å². The molecule has 2 aliphatic rings. The molecule has 442 valence electrons. The second kappa shape index (κ2) is 25.4. The van der Waals surface area contributed by atoms with Crippen molar-refractivity contribution in [3.05, 3.63) is 95.8 Å². The van der Waals surface area contributed by atoms with Gasteiger partial charge in [-0.15, -0.1) is 0 Å². The number of likely N-dealkylation sites (tertiary alicyclic amines) is 1. The van der Waals surface area contributed by atoms with Crippen LogP contribution in [0.25, 0.3) is 21.8 Å². The summed E-state index contributed by atoms with van der Waals surface area (Å²) < 4.78 is 155. The molecule has 24 heteroatoms. The van der Waals surface area contributed by atoms with Gasteiger partial charge in [-0.25, -0.2) is 21.1 Å². The molecule has 2 aromatic heterocycles. The van der Waals surface area contributed by atoms with E-state index in [2.05, 4.69) is 68.8 Å².